The Morgan fingerprint density at radius 2 is 1.60 bits per heavy atom. The molecule has 0 atom stereocenters. The maximum absolute atomic E-state index is 13.5. The summed E-state index contributed by atoms with van der Waals surface area (Å²) in [4.78, 5) is 30.4. The highest BCUT2D eigenvalue weighted by atomic mass is 16.5. The van der Waals surface area contributed by atoms with Crippen molar-refractivity contribution in [1.82, 2.24) is 9.80 Å². The van der Waals surface area contributed by atoms with Crippen LogP contribution in [0.4, 0.5) is 0 Å². The molecule has 6 nitrogen and oxygen atoms in total. The summed E-state index contributed by atoms with van der Waals surface area (Å²) < 4.78 is 10.7. The van der Waals surface area contributed by atoms with Crippen LogP contribution in [0, 0.1) is 0 Å². The average molecular weight is 471 g/mol. The van der Waals surface area contributed by atoms with Crippen molar-refractivity contribution >= 4 is 22.6 Å². The minimum Gasteiger partial charge on any atom is -0.467 e. The van der Waals surface area contributed by atoms with Crippen molar-refractivity contribution in [1.29, 1.82) is 0 Å². The summed E-state index contributed by atoms with van der Waals surface area (Å²) in [6.45, 7) is 1.66. The number of fused-ring (bicyclic) bond motifs is 1. The van der Waals surface area contributed by atoms with E-state index >= 15 is 0 Å². The Morgan fingerprint density at radius 1 is 0.829 bits per heavy atom. The maximum Gasteiger partial charge on any atom is 0.254 e. The lowest BCUT2D eigenvalue weighted by atomic mass is 10.1. The molecular weight excluding hydrogens is 440 g/mol. The molecule has 0 radical (unpaired) electrons. The molecule has 0 saturated heterocycles. The third-order valence-corrected chi connectivity index (χ3v) is 5.88. The molecule has 180 valence electrons. The summed E-state index contributed by atoms with van der Waals surface area (Å²) in [7, 11) is 1.63. The second kappa shape index (κ2) is 12.0. The molecule has 0 aliphatic carbocycles. The van der Waals surface area contributed by atoms with Gasteiger partial charge >= 0.3 is 0 Å². The Balaban J connectivity index is 1.55. The fraction of sp³-hybridized carbons (Fsp3) is 0.241. The van der Waals surface area contributed by atoms with Crippen LogP contribution in [0.5, 0.6) is 0 Å². The summed E-state index contributed by atoms with van der Waals surface area (Å²) in [5.74, 6) is 0.385. The SMILES string of the molecule is COCCCN(CC(=O)N(Cc1ccccc1)Cc1ccco1)C(=O)c1ccc2ccccc2c1. The van der Waals surface area contributed by atoms with Gasteiger partial charge in [-0.15, -0.1) is 0 Å². The van der Waals surface area contributed by atoms with Crippen LogP contribution in [-0.2, 0) is 22.6 Å². The Hall–Kier alpha value is -3.90. The summed E-state index contributed by atoms with van der Waals surface area (Å²) in [5, 5.41) is 2.06. The van der Waals surface area contributed by atoms with Crippen LogP contribution in [-0.4, -0.2) is 48.4 Å². The number of benzene rings is 3. The van der Waals surface area contributed by atoms with E-state index in [9.17, 15) is 9.59 Å². The molecule has 6 heteroatoms. The van der Waals surface area contributed by atoms with Gasteiger partial charge in [0.15, 0.2) is 0 Å². The molecule has 4 aromatic rings. The number of rotatable bonds is 11. The van der Waals surface area contributed by atoms with Crippen molar-refractivity contribution in [3.63, 3.8) is 0 Å². The first-order valence-electron chi connectivity index (χ1n) is 11.7. The van der Waals surface area contributed by atoms with Crippen molar-refractivity contribution in [2.45, 2.75) is 19.5 Å². The van der Waals surface area contributed by atoms with Crippen LogP contribution >= 0.6 is 0 Å². The molecule has 0 unspecified atom stereocenters. The first kappa shape index (κ1) is 24.2. The van der Waals surface area contributed by atoms with Crippen molar-refractivity contribution in [3.05, 3.63) is 108 Å². The van der Waals surface area contributed by atoms with E-state index in [0.717, 1.165) is 16.3 Å². The molecule has 0 bridgehead atoms. The van der Waals surface area contributed by atoms with Gasteiger partial charge in [0.1, 0.15) is 12.3 Å². The van der Waals surface area contributed by atoms with E-state index in [1.54, 1.807) is 29.2 Å². The summed E-state index contributed by atoms with van der Waals surface area (Å²) in [6.07, 6.45) is 2.24. The number of amides is 2. The zero-order valence-corrected chi connectivity index (χ0v) is 19.9. The molecule has 2 amide bonds. The predicted octanol–water partition coefficient (Wildman–Crippen LogP) is 5.14. The fourth-order valence-electron chi connectivity index (χ4n) is 4.05. The first-order chi connectivity index (χ1) is 17.1. The number of nitrogens with zero attached hydrogens (tertiary/aromatic N) is 2. The van der Waals surface area contributed by atoms with Gasteiger partial charge in [-0.3, -0.25) is 9.59 Å². The minimum absolute atomic E-state index is 0.0249. The van der Waals surface area contributed by atoms with Crippen LogP contribution in [0.3, 0.4) is 0 Å². The molecule has 3 aromatic carbocycles. The van der Waals surface area contributed by atoms with E-state index in [2.05, 4.69) is 0 Å². The van der Waals surface area contributed by atoms with Crippen molar-refractivity contribution < 1.29 is 18.7 Å². The molecule has 35 heavy (non-hydrogen) atoms. The average Bonchev–Trinajstić information content (AvgIpc) is 3.41. The lowest BCUT2D eigenvalue weighted by Gasteiger charge is -2.27. The molecule has 0 spiro atoms. The number of hydrogen-bond donors (Lipinski definition) is 0. The Labute approximate surface area is 205 Å². The van der Waals surface area contributed by atoms with E-state index < -0.39 is 0 Å². The molecule has 0 aliphatic rings. The van der Waals surface area contributed by atoms with Gasteiger partial charge in [-0.05, 0) is 47.0 Å². The van der Waals surface area contributed by atoms with E-state index in [4.69, 9.17) is 9.15 Å². The zero-order chi connectivity index (χ0) is 24.5. The quantitative estimate of drug-likeness (QED) is 0.285. The van der Waals surface area contributed by atoms with Crippen LogP contribution in [0.15, 0.2) is 95.6 Å². The van der Waals surface area contributed by atoms with E-state index in [1.807, 2.05) is 78.9 Å². The molecule has 4 rings (SSSR count). The van der Waals surface area contributed by atoms with Crippen molar-refractivity contribution in [3.8, 4) is 0 Å². The van der Waals surface area contributed by atoms with Crippen LogP contribution in [0.1, 0.15) is 28.1 Å². The standard InChI is InChI=1S/C29H30N2O4/c1-34-17-8-16-30(29(33)26-15-14-24-11-5-6-12-25(24)19-26)22-28(32)31(21-27-13-7-18-35-27)20-23-9-3-2-4-10-23/h2-7,9-15,18-19H,8,16-17,20-22H2,1H3. The Bertz CT molecular complexity index is 1240. The van der Waals surface area contributed by atoms with Crippen molar-refractivity contribution in [2.75, 3.05) is 26.8 Å². The second-order valence-electron chi connectivity index (χ2n) is 8.45. The van der Waals surface area contributed by atoms with Gasteiger partial charge in [0.25, 0.3) is 5.91 Å². The normalized spacial score (nSPS) is 10.9. The predicted molar refractivity (Wildman–Crippen MR) is 136 cm³/mol. The molecule has 1 heterocycles. The van der Waals surface area contributed by atoms with Gasteiger partial charge in [-0.2, -0.15) is 0 Å². The lowest BCUT2D eigenvalue weighted by molar-refractivity contribution is -0.133. The van der Waals surface area contributed by atoms with Crippen LogP contribution in [0.2, 0.25) is 0 Å². The van der Waals surface area contributed by atoms with E-state index in [-0.39, 0.29) is 18.4 Å². The summed E-state index contributed by atoms with van der Waals surface area (Å²) in [6, 6.07) is 27.0. The van der Waals surface area contributed by atoms with Crippen LogP contribution < -0.4 is 0 Å². The fourth-order valence-corrected chi connectivity index (χ4v) is 4.05. The third kappa shape index (κ3) is 6.58. The lowest BCUT2D eigenvalue weighted by Crippen LogP contribution is -2.43. The minimum atomic E-state index is -0.169. The number of hydrogen-bond acceptors (Lipinski definition) is 4. The summed E-state index contributed by atoms with van der Waals surface area (Å²) >= 11 is 0. The number of furan rings is 1. The molecular formula is C29H30N2O4. The van der Waals surface area contributed by atoms with E-state index in [0.29, 0.717) is 44.0 Å². The van der Waals surface area contributed by atoms with Gasteiger partial charge < -0.3 is 19.0 Å². The monoisotopic (exact) mass is 470 g/mol. The number of ether oxygens (including phenoxy) is 1. The highest BCUT2D eigenvalue weighted by molar-refractivity contribution is 6.00. The zero-order valence-electron chi connectivity index (χ0n) is 19.9. The third-order valence-electron chi connectivity index (χ3n) is 5.88. The highest BCUT2D eigenvalue weighted by Gasteiger charge is 2.23. The topological polar surface area (TPSA) is 63.0 Å². The largest absolute Gasteiger partial charge is 0.467 e. The molecule has 1 aromatic heterocycles. The molecule has 0 aliphatic heterocycles. The molecule has 0 N–H and O–H groups in total. The van der Waals surface area contributed by atoms with Crippen LogP contribution in [0.25, 0.3) is 10.8 Å². The van der Waals surface area contributed by atoms with Gasteiger partial charge in [-0.1, -0.05) is 60.7 Å². The highest BCUT2D eigenvalue weighted by Crippen LogP contribution is 2.18. The Kier molecular flexibility index (Phi) is 8.30. The number of carbonyl (C=O) groups excluding carboxylic acids is 2. The first-order valence-corrected chi connectivity index (χ1v) is 11.7. The van der Waals surface area contributed by atoms with Gasteiger partial charge in [-0.25, -0.2) is 0 Å². The molecule has 0 fully saturated rings. The number of carbonyl (C=O) groups is 2. The maximum atomic E-state index is 13.5. The smallest absolute Gasteiger partial charge is 0.254 e. The summed E-state index contributed by atoms with van der Waals surface area (Å²) in [5.41, 5.74) is 1.58. The Morgan fingerprint density at radius 3 is 2.34 bits per heavy atom. The number of methoxy groups -OCH3 is 1. The van der Waals surface area contributed by atoms with Crippen molar-refractivity contribution in [2.24, 2.45) is 0 Å². The van der Waals surface area contributed by atoms with E-state index in [1.165, 1.54) is 0 Å². The second-order valence-corrected chi connectivity index (χ2v) is 8.45. The van der Waals surface area contributed by atoms with Gasteiger partial charge in [0.05, 0.1) is 12.8 Å². The van der Waals surface area contributed by atoms with Gasteiger partial charge in [0.2, 0.25) is 5.91 Å². The van der Waals surface area contributed by atoms with Gasteiger partial charge in [0, 0.05) is 32.4 Å². The molecule has 0 saturated carbocycles.